The highest BCUT2D eigenvalue weighted by molar-refractivity contribution is 5.97. The molecule has 3 rings (SSSR count). The van der Waals surface area contributed by atoms with E-state index in [1.54, 1.807) is 7.11 Å². The zero-order chi connectivity index (χ0) is 18.7. The van der Waals surface area contributed by atoms with Crippen LogP contribution in [0.5, 0.6) is 5.75 Å². The van der Waals surface area contributed by atoms with Crippen molar-refractivity contribution in [3.8, 4) is 5.75 Å². The molecule has 142 valence electrons. The number of piperazine rings is 1. The molecule has 2 aliphatic rings. The lowest BCUT2D eigenvalue weighted by Crippen LogP contribution is -2.52. The Morgan fingerprint density at radius 2 is 1.58 bits per heavy atom. The topological polar surface area (TPSA) is 49.9 Å². The fourth-order valence-corrected chi connectivity index (χ4v) is 4.29. The van der Waals surface area contributed by atoms with Gasteiger partial charge in [0.15, 0.2) is 0 Å². The molecule has 1 aliphatic carbocycles. The highest BCUT2D eigenvalue weighted by Crippen LogP contribution is 2.28. The van der Waals surface area contributed by atoms with Gasteiger partial charge >= 0.3 is 0 Å². The van der Waals surface area contributed by atoms with Gasteiger partial charge in [0.05, 0.1) is 12.7 Å². The van der Waals surface area contributed by atoms with Crippen molar-refractivity contribution in [1.82, 2.24) is 9.80 Å². The Hall–Kier alpha value is -2.04. The number of rotatable bonds is 3. The van der Waals surface area contributed by atoms with E-state index in [0.717, 1.165) is 24.0 Å². The summed E-state index contributed by atoms with van der Waals surface area (Å²) in [5, 5.41) is 0. The second kappa shape index (κ2) is 8.11. The molecule has 1 aromatic carbocycles. The van der Waals surface area contributed by atoms with E-state index in [9.17, 15) is 9.59 Å². The third kappa shape index (κ3) is 3.87. The minimum atomic E-state index is -0.00147. The van der Waals surface area contributed by atoms with Crippen molar-refractivity contribution in [2.45, 2.75) is 46.0 Å². The van der Waals surface area contributed by atoms with Crippen LogP contribution in [0.4, 0.5) is 0 Å². The van der Waals surface area contributed by atoms with Gasteiger partial charge in [0.2, 0.25) is 5.91 Å². The molecule has 0 bridgehead atoms. The number of hydrogen-bond donors (Lipinski definition) is 0. The number of nitrogens with zero attached hydrogens (tertiary/aromatic N) is 2. The summed E-state index contributed by atoms with van der Waals surface area (Å²) in [6, 6.07) is 3.92. The van der Waals surface area contributed by atoms with Crippen LogP contribution in [0.2, 0.25) is 0 Å². The van der Waals surface area contributed by atoms with E-state index < -0.39 is 0 Å². The lowest BCUT2D eigenvalue weighted by molar-refractivity contribution is -0.138. The maximum atomic E-state index is 13.0. The van der Waals surface area contributed by atoms with E-state index in [2.05, 4.69) is 0 Å². The van der Waals surface area contributed by atoms with Crippen molar-refractivity contribution in [3.05, 3.63) is 28.8 Å². The van der Waals surface area contributed by atoms with Gasteiger partial charge in [-0.05, 0) is 43.9 Å². The standard InChI is InChI=1S/C21H30N2O3/c1-15-13-16(2)19(26-3)18(14-15)21(25)23-11-9-22(10-12-23)20(24)17-7-5-4-6-8-17/h13-14,17H,4-12H2,1-3H3. The van der Waals surface area contributed by atoms with Crippen LogP contribution in [0.3, 0.4) is 0 Å². The Labute approximate surface area is 156 Å². The summed E-state index contributed by atoms with van der Waals surface area (Å²) in [4.78, 5) is 29.5. The predicted molar refractivity (Wildman–Crippen MR) is 102 cm³/mol. The lowest BCUT2D eigenvalue weighted by atomic mass is 9.88. The van der Waals surface area contributed by atoms with E-state index in [0.29, 0.717) is 43.4 Å². The van der Waals surface area contributed by atoms with Crippen LogP contribution in [0, 0.1) is 19.8 Å². The first-order valence-electron chi connectivity index (χ1n) is 9.74. The molecular weight excluding hydrogens is 328 g/mol. The van der Waals surface area contributed by atoms with Gasteiger partial charge in [-0.2, -0.15) is 0 Å². The normalized spacial score (nSPS) is 18.7. The number of amides is 2. The summed E-state index contributed by atoms with van der Waals surface area (Å²) in [5.74, 6) is 1.14. The van der Waals surface area contributed by atoms with E-state index in [4.69, 9.17) is 4.74 Å². The van der Waals surface area contributed by atoms with E-state index in [1.807, 2.05) is 35.8 Å². The van der Waals surface area contributed by atoms with Gasteiger partial charge in [-0.15, -0.1) is 0 Å². The zero-order valence-electron chi connectivity index (χ0n) is 16.2. The van der Waals surface area contributed by atoms with Crippen LogP contribution >= 0.6 is 0 Å². The van der Waals surface area contributed by atoms with Crippen LogP contribution in [-0.4, -0.2) is 54.9 Å². The van der Waals surface area contributed by atoms with Gasteiger partial charge in [-0.1, -0.05) is 25.3 Å². The van der Waals surface area contributed by atoms with E-state index in [1.165, 1.54) is 19.3 Å². The highest BCUT2D eigenvalue weighted by atomic mass is 16.5. The number of ether oxygens (including phenoxy) is 1. The molecule has 1 heterocycles. The van der Waals surface area contributed by atoms with Gasteiger partial charge in [-0.25, -0.2) is 0 Å². The summed E-state index contributed by atoms with van der Waals surface area (Å²) >= 11 is 0. The number of carbonyl (C=O) groups is 2. The Morgan fingerprint density at radius 3 is 2.19 bits per heavy atom. The molecule has 5 nitrogen and oxygen atoms in total. The molecule has 0 radical (unpaired) electrons. The Bertz CT molecular complexity index is 672. The van der Waals surface area contributed by atoms with Crippen LogP contribution < -0.4 is 4.74 Å². The van der Waals surface area contributed by atoms with Crippen molar-refractivity contribution in [2.75, 3.05) is 33.3 Å². The summed E-state index contributed by atoms with van der Waals surface area (Å²) in [6.07, 6.45) is 5.64. The third-order valence-electron chi connectivity index (χ3n) is 5.69. The SMILES string of the molecule is COc1c(C)cc(C)cc1C(=O)N1CCN(C(=O)C2CCCCC2)CC1. The van der Waals surface area contributed by atoms with Crippen molar-refractivity contribution >= 4 is 11.8 Å². The fraction of sp³-hybridized carbons (Fsp3) is 0.619. The highest BCUT2D eigenvalue weighted by Gasteiger charge is 2.30. The lowest BCUT2D eigenvalue weighted by Gasteiger charge is -2.37. The van der Waals surface area contributed by atoms with Gasteiger partial charge in [0, 0.05) is 32.1 Å². The molecule has 1 aliphatic heterocycles. The van der Waals surface area contributed by atoms with Crippen molar-refractivity contribution in [3.63, 3.8) is 0 Å². The van der Waals surface area contributed by atoms with Gasteiger partial charge in [-0.3, -0.25) is 9.59 Å². The summed E-state index contributed by atoms with van der Waals surface area (Å²) in [6.45, 7) is 6.40. The number of carbonyl (C=O) groups excluding carboxylic acids is 2. The van der Waals surface area contributed by atoms with Crippen LogP contribution in [0.15, 0.2) is 12.1 Å². The van der Waals surface area contributed by atoms with Crippen LogP contribution in [0.1, 0.15) is 53.6 Å². The second-order valence-corrected chi connectivity index (χ2v) is 7.62. The second-order valence-electron chi connectivity index (χ2n) is 7.62. The molecule has 26 heavy (non-hydrogen) atoms. The molecule has 5 heteroatoms. The van der Waals surface area contributed by atoms with Gasteiger partial charge in [0.25, 0.3) is 5.91 Å². The average Bonchev–Trinajstić information content (AvgIpc) is 2.67. The molecule has 0 aromatic heterocycles. The molecule has 0 N–H and O–H groups in total. The first-order valence-corrected chi connectivity index (χ1v) is 9.74. The quantitative estimate of drug-likeness (QED) is 0.834. The van der Waals surface area contributed by atoms with E-state index in [-0.39, 0.29) is 11.8 Å². The maximum Gasteiger partial charge on any atom is 0.257 e. The first-order chi connectivity index (χ1) is 12.5. The average molecular weight is 358 g/mol. The van der Waals surface area contributed by atoms with Crippen molar-refractivity contribution in [1.29, 1.82) is 0 Å². The van der Waals surface area contributed by atoms with Crippen molar-refractivity contribution in [2.24, 2.45) is 5.92 Å². The summed E-state index contributed by atoms with van der Waals surface area (Å²) in [5.41, 5.74) is 2.65. The number of methoxy groups -OCH3 is 1. The molecule has 2 fully saturated rings. The molecule has 0 unspecified atom stereocenters. The molecule has 1 saturated heterocycles. The molecule has 0 spiro atoms. The zero-order valence-corrected chi connectivity index (χ0v) is 16.2. The van der Waals surface area contributed by atoms with Crippen molar-refractivity contribution < 1.29 is 14.3 Å². The Kier molecular flexibility index (Phi) is 5.84. The fourth-order valence-electron chi connectivity index (χ4n) is 4.29. The molecular formula is C21H30N2O3. The number of benzene rings is 1. The van der Waals surface area contributed by atoms with Gasteiger partial charge in [0.1, 0.15) is 5.75 Å². The van der Waals surface area contributed by atoms with Crippen LogP contribution in [-0.2, 0) is 4.79 Å². The molecule has 0 atom stereocenters. The third-order valence-corrected chi connectivity index (χ3v) is 5.69. The largest absolute Gasteiger partial charge is 0.496 e. The van der Waals surface area contributed by atoms with E-state index >= 15 is 0 Å². The predicted octanol–water partition coefficient (Wildman–Crippen LogP) is 3.18. The molecule has 2 amide bonds. The smallest absolute Gasteiger partial charge is 0.257 e. The molecule has 1 aromatic rings. The minimum Gasteiger partial charge on any atom is -0.496 e. The number of aryl methyl sites for hydroxylation is 2. The summed E-state index contributed by atoms with van der Waals surface area (Å²) < 4.78 is 5.47. The number of hydrogen-bond acceptors (Lipinski definition) is 3. The van der Waals surface area contributed by atoms with Gasteiger partial charge < -0.3 is 14.5 Å². The first kappa shape index (κ1) is 18.7. The maximum absolute atomic E-state index is 13.0. The Balaban J connectivity index is 1.65. The molecule has 1 saturated carbocycles. The van der Waals surface area contributed by atoms with Crippen LogP contribution in [0.25, 0.3) is 0 Å². The monoisotopic (exact) mass is 358 g/mol. The summed E-state index contributed by atoms with van der Waals surface area (Å²) in [7, 11) is 1.61. The minimum absolute atomic E-state index is 0.00147. The Morgan fingerprint density at radius 1 is 0.962 bits per heavy atom.